The van der Waals surface area contributed by atoms with Crippen LogP contribution in [0.1, 0.15) is 59.3 Å². The van der Waals surface area contributed by atoms with Crippen LogP contribution in [0.2, 0.25) is 0 Å². The molecule has 1 nitrogen and oxygen atoms in total. The van der Waals surface area contributed by atoms with Crippen LogP contribution in [0.15, 0.2) is 0 Å². The second-order valence-corrected chi connectivity index (χ2v) is 6.73. The van der Waals surface area contributed by atoms with Gasteiger partial charge in [-0.1, -0.05) is 52.9 Å². The quantitative estimate of drug-likeness (QED) is 0.425. The normalized spacial score (nSPS) is 13.5. The molecule has 80 valence electrons. The van der Waals surface area contributed by atoms with Gasteiger partial charge in [-0.15, -0.1) is 0 Å². The summed E-state index contributed by atoms with van der Waals surface area (Å²) in [5, 5.41) is 0. The van der Waals surface area contributed by atoms with E-state index in [0.717, 1.165) is 6.16 Å². The molecule has 0 aliphatic heterocycles. The van der Waals surface area contributed by atoms with E-state index in [1.54, 1.807) is 0 Å². The van der Waals surface area contributed by atoms with E-state index in [9.17, 15) is 4.57 Å². The average molecular weight is 204 g/mol. The van der Waals surface area contributed by atoms with E-state index in [2.05, 4.69) is 20.8 Å². The second-order valence-electron chi connectivity index (χ2n) is 4.14. The first-order valence-corrected chi connectivity index (χ1v) is 7.40. The Labute approximate surface area is 84.1 Å². The summed E-state index contributed by atoms with van der Waals surface area (Å²) in [6, 6.07) is 0. The van der Waals surface area contributed by atoms with Crippen molar-refractivity contribution in [2.45, 2.75) is 65.0 Å². The summed E-state index contributed by atoms with van der Waals surface area (Å²) in [5.74, 6) is 0. The van der Waals surface area contributed by atoms with Crippen molar-refractivity contribution >= 4 is 7.80 Å². The topological polar surface area (TPSA) is 17.1 Å². The fourth-order valence-electron chi connectivity index (χ4n) is 1.37. The van der Waals surface area contributed by atoms with Crippen molar-refractivity contribution in [1.29, 1.82) is 0 Å². The number of hydrogen-bond acceptors (Lipinski definition) is 1. The standard InChI is InChI=1S/C11H25OP/c1-4-5-6-7-8-9-10-13(12)11(2)3/h11,13H,4-10H2,1-3H3. The highest BCUT2D eigenvalue weighted by molar-refractivity contribution is 7.45. The van der Waals surface area contributed by atoms with Crippen LogP contribution in [0.3, 0.4) is 0 Å². The maximum atomic E-state index is 11.4. The summed E-state index contributed by atoms with van der Waals surface area (Å²) in [5.41, 5.74) is 0.417. The minimum atomic E-state index is -1.25. The summed E-state index contributed by atoms with van der Waals surface area (Å²) in [4.78, 5) is 0. The van der Waals surface area contributed by atoms with Gasteiger partial charge in [0, 0.05) is 5.66 Å². The molecule has 0 heterocycles. The van der Waals surface area contributed by atoms with E-state index in [0.29, 0.717) is 5.66 Å². The molecule has 1 unspecified atom stereocenters. The molecule has 0 bridgehead atoms. The average Bonchev–Trinajstić information content (AvgIpc) is 2.10. The zero-order valence-electron chi connectivity index (χ0n) is 9.44. The highest BCUT2D eigenvalue weighted by Gasteiger charge is 2.03. The molecule has 0 N–H and O–H groups in total. The largest absolute Gasteiger partial charge is 0.327 e. The zero-order chi connectivity index (χ0) is 10.1. The minimum absolute atomic E-state index is 0.417. The van der Waals surface area contributed by atoms with Gasteiger partial charge >= 0.3 is 0 Å². The van der Waals surface area contributed by atoms with Gasteiger partial charge in [0.2, 0.25) is 0 Å². The Hall–Kier alpha value is 0.230. The van der Waals surface area contributed by atoms with Crippen molar-refractivity contribution in [1.82, 2.24) is 0 Å². The molecule has 0 aliphatic carbocycles. The van der Waals surface area contributed by atoms with Gasteiger partial charge in [-0.3, -0.25) is 0 Å². The van der Waals surface area contributed by atoms with Crippen molar-refractivity contribution in [2.75, 3.05) is 6.16 Å². The first-order valence-electron chi connectivity index (χ1n) is 5.71. The highest BCUT2D eigenvalue weighted by atomic mass is 31.1. The molecule has 0 amide bonds. The van der Waals surface area contributed by atoms with Crippen LogP contribution in [0.25, 0.3) is 0 Å². The molecule has 0 saturated carbocycles. The number of rotatable bonds is 8. The molecule has 13 heavy (non-hydrogen) atoms. The van der Waals surface area contributed by atoms with Crippen molar-refractivity contribution in [3.63, 3.8) is 0 Å². The molecule has 0 saturated heterocycles. The van der Waals surface area contributed by atoms with E-state index in [4.69, 9.17) is 0 Å². The lowest BCUT2D eigenvalue weighted by Gasteiger charge is -2.04. The van der Waals surface area contributed by atoms with Gasteiger partial charge < -0.3 is 4.57 Å². The molecule has 0 radical (unpaired) electrons. The molecule has 0 fully saturated rings. The van der Waals surface area contributed by atoms with Crippen LogP contribution in [0.4, 0.5) is 0 Å². The lowest BCUT2D eigenvalue weighted by molar-refractivity contribution is 0.575. The lowest BCUT2D eigenvalue weighted by Crippen LogP contribution is -1.90. The monoisotopic (exact) mass is 204 g/mol. The van der Waals surface area contributed by atoms with E-state index >= 15 is 0 Å². The van der Waals surface area contributed by atoms with E-state index in [1.807, 2.05) is 0 Å². The predicted molar refractivity (Wildman–Crippen MR) is 62.4 cm³/mol. The molecule has 0 aromatic heterocycles. The summed E-state index contributed by atoms with van der Waals surface area (Å²) in [6.07, 6.45) is 8.80. The Bertz CT molecular complexity index is 132. The molecular formula is C11H25OP. The van der Waals surface area contributed by atoms with E-state index < -0.39 is 7.80 Å². The SMILES string of the molecule is CCCCCCCC[PH](=O)C(C)C. The second kappa shape index (κ2) is 8.81. The van der Waals surface area contributed by atoms with Gasteiger partial charge in [-0.2, -0.15) is 0 Å². The maximum Gasteiger partial charge on any atom is 0.0786 e. The minimum Gasteiger partial charge on any atom is -0.327 e. The Kier molecular flexibility index (Phi) is 8.97. The third kappa shape index (κ3) is 8.56. The molecule has 0 aromatic rings. The fraction of sp³-hybridized carbons (Fsp3) is 1.00. The van der Waals surface area contributed by atoms with E-state index in [-0.39, 0.29) is 0 Å². The molecular weight excluding hydrogens is 179 g/mol. The molecule has 0 aliphatic rings. The smallest absolute Gasteiger partial charge is 0.0786 e. The third-order valence-corrected chi connectivity index (χ3v) is 4.55. The van der Waals surface area contributed by atoms with Crippen LogP contribution < -0.4 is 0 Å². The van der Waals surface area contributed by atoms with Crippen LogP contribution in [-0.4, -0.2) is 11.8 Å². The molecule has 0 aromatic carbocycles. The lowest BCUT2D eigenvalue weighted by atomic mass is 10.1. The van der Waals surface area contributed by atoms with Gasteiger partial charge in [0.05, 0.1) is 7.80 Å². The first kappa shape index (κ1) is 13.2. The van der Waals surface area contributed by atoms with Gasteiger partial charge in [0.1, 0.15) is 0 Å². The number of unbranched alkanes of at least 4 members (excludes halogenated alkanes) is 5. The maximum absolute atomic E-state index is 11.4. The van der Waals surface area contributed by atoms with Gasteiger partial charge in [0.15, 0.2) is 0 Å². The van der Waals surface area contributed by atoms with Gasteiger partial charge in [-0.25, -0.2) is 0 Å². The Balaban J connectivity index is 3.12. The van der Waals surface area contributed by atoms with Crippen LogP contribution >= 0.6 is 7.80 Å². The van der Waals surface area contributed by atoms with Crippen molar-refractivity contribution in [2.24, 2.45) is 0 Å². The molecule has 2 heteroatoms. The Morgan fingerprint density at radius 2 is 1.54 bits per heavy atom. The molecule has 1 atom stereocenters. The summed E-state index contributed by atoms with van der Waals surface area (Å²) in [7, 11) is -1.25. The van der Waals surface area contributed by atoms with Crippen LogP contribution in [0.5, 0.6) is 0 Å². The van der Waals surface area contributed by atoms with Crippen molar-refractivity contribution in [3.8, 4) is 0 Å². The van der Waals surface area contributed by atoms with E-state index in [1.165, 1.54) is 38.5 Å². The fourth-order valence-corrected chi connectivity index (χ4v) is 2.54. The van der Waals surface area contributed by atoms with Crippen molar-refractivity contribution < 1.29 is 4.57 Å². The summed E-state index contributed by atoms with van der Waals surface area (Å²) in [6.45, 7) is 6.37. The zero-order valence-corrected chi connectivity index (χ0v) is 10.4. The summed E-state index contributed by atoms with van der Waals surface area (Å²) < 4.78 is 11.4. The number of hydrogen-bond donors (Lipinski definition) is 0. The van der Waals surface area contributed by atoms with Gasteiger partial charge in [0.25, 0.3) is 0 Å². The van der Waals surface area contributed by atoms with Crippen LogP contribution in [-0.2, 0) is 4.57 Å². The predicted octanol–water partition coefficient (Wildman–Crippen LogP) is 4.32. The highest BCUT2D eigenvalue weighted by Crippen LogP contribution is 2.28. The Morgan fingerprint density at radius 1 is 1.00 bits per heavy atom. The molecule has 0 rings (SSSR count). The summed E-state index contributed by atoms with van der Waals surface area (Å²) >= 11 is 0. The Morgan fingerprint density at radius 3 is 2.08 bits per heavy atom. The third-order valence-electron chi connectivity index (χ3n) is 2.42. The van der Waals surface area contributed by atoms with Crippen molar-refractivity contribution in [3.05, 3.63) is 0 Å². The first-order chi connectivity index (χ1) is 6.18. The molecule has 0 spiro atoms. The van der Waals surface area contributed by atoms with Gasteiger partial charge in [-0.05, 0) is 12.6 Å². The van der Waals surface area contributed by atoms with Crippen LogP contribution in [0, 0.1) is 0 Å².